The number of carbonyl (C=O) groups excluding carboxylic acids is 3. The van der Waals surface area contributed by atoms with Crippen LogP contribution in [0.1, 0.15) is 53.0 Å². The van der Waals surface area contributed by atoms with Crippen LogP contribution in [-0.2, 0) is 35.2 Å². The van der Waals surface area contributed by atoms with Crippen molar-refractivity contribution < 1.29 is 28.6 Å². The van der Waals surface area contributed by atoms with Crippen molar-refractivity contribution in [2.24, 2.45) is 11.3 Å². The van der Waals surface area contributed by atoms with Crippen LogP contribution in [0.15, 0.2) is 30.3 Å². The Balaban J connectivity index is 2.61. The molecule has 6 nitrogen and oxygen atoms in total. The highest BCUT2D eigenvalue weighted by molar-refractivity contribution is 5.82. The summed E-state index contributed by atoms with van der Waals surface area (Å²) in [5.74, 6) is -1.92. The summed E-state index contributed by atoms with van der Waals surface area (Å²) in [5.41, 5.74) is -0.0359. The third kappa shape index (κ3) is 7.04. The van der Waals surface area contributed by atoms with Crippen molar-refractivity contribution in [2.75, 3.05) is 6.61 Å². The van der Waals surface area contributed by atoms with Crippen molar-refractivity contribution in [3.8, 4) is 0 Å². The normalized spacial score (nSPS) is 15.1. The molecule has 0 radical (unpaired) electrons. The van der Waals surface area contributed by atoms with Crippen molar-refractivity contribution >= 4 is 17.9 Å². The molecule has 0 spiro atoms. The Hall–Kier alpha value is -2.37. The standard InChI is InChI=1S/C21H30O6/c1-6-21(5,13-15(3)18(22)25-7-2)20(24)27-16(4)19(23)26-14-17-11-9-8-10-12-17/h8-12,15-16H,6-7,13-14H2,1-5H3/t15?,16-,21?/m0/s1. The monoisotopic (exact) mass is 378 g/mol. The molecule has 1 rings (SSSR count). The van der Waals surface area contributed by atoms with Gasteiger partial charge in [-0.3, -0.25) is 9.59 Å². The number of hydrogen-bond donors (Lipinski definition) is 0. The molecule has 3 atom stereocenters. The second-order valence-electron chi connectivity index (χ2n) is 6.91. The smallest absolute Gasteiger partial charge is 0.347 e. The summed E-state index contributed by atoms with van der Waals surface area (Å²) in [6.07, 6.45) is -0.265. The molecule has 0 aromatic heterocycles. The van der Waals surface area contributed by atoms with Crippen LogP contribution >= 0.6 is 0 Å². The molecule has 0 bridgehead atoms. The molecule has 150 valence electrons. The molecule has 1 aromatic rings. The van der Waals surface area contributed by atoms with Gasteiger partial charge in [0.15, 0.2) is 6.10 Å². The average molecular weight is 378 g/mol. The van der Waals surface area contributed by atoms with Crippen molar-refractivity contribution in [2.45, 2.75) is 60.2 Å². The molecule has 1 aromatic carbocycles. The van der Waals surface area contributed by atoms with E-state index < -0.39 is 29.4 Å². The minimum atomic E-state index is -1.02. The molecule has 0 saturated carbocycles. The molecule has 0 aliphatic rings. The van der Waals surface area contributed by atoms with Gasteiger partial charge in [0.2, 0.25) is 0 Å². The van der Waals surface area contributed by atoms with Gasteiger partial charge < -0.3 is 14.2 Å². The van der Waals surface area contributed by atoms with E-state index in [1.54, 1.807) is 20.8 Å². The third-order valence-electron chi connectivity index (χ3n) is 4.56. The number of hydrogen-bond acceptors (Lipinski definition) is 6. The molecule has 0 aliphatic heterocycles. The number of benzene rings is 1. The maximum Gasteiger partial charge on any atom is 0.347 e. The predicted octanol–water partition coefficient (Wildman–Crippen LogP) is 3.67. The fraction of sp³-hybridized carbons (Fsp3) is 0.571. The van der Waals surface area contributed by atoms with Crippen molar-refractivity contribution in [3.63, 3.8) is 0 Å². The number of rotatable bonds is 10. The Morgan fingerprint density at radius 3 is 2.19 bits per heavy atom. The van der Waals surface area contributed by atoms with Gasteiger partial charge in [-0.2, -0.15) is 0 Å². The van der Waals surface area contributed by atoms with E-state index in [0.29, 0.717) is 13.0 Å². The Morgan fingerprint density at radius 2 is 1.63 bits per heavy atom. The molecule has 0 aliphatic carbocycles. The van der Waals surface area contributed by atoms with Crippen LogP contribution in [0.3, 0.4) is 0 Å². The van der Waals surface area contributed by atoms with E-state index in [0.717, 1.165) is 5.56 Å². The predicted molar refractivity (Wildman–Crippen MR) is 101 cm³/mol. The first-order valence-corrected chi connectivity index (χ1v) is 9.31. The highest BCUT2D eigenvalue weighted by atomic mass is 16.6. The second kappa shape index (κ2) is 10.7. The summed E-state index contributed by atoms with van der Waals surface area (Å²) in [4.78, 5) is 36.6. The molecule has 6 heteroatoms. The highest BCUT2D eigenvalue weighted by Gasteiger charge is 2.38. The summed E-state index contributed by atoms with van der Waals surface area (Å²) in [7, 11) is 0. The minimum absolute atomic E-state index is 0.118. The fourth-order valence-electron chi connectivity index (χ4n) is 2.61. The van der Waals surface area contributed by atoms with Gasteiger partial charge in [0.1, 0.15) is 6.61 Å². The SMILES string of the molecule is CCOC(=O)C(C)CC(C)(CC)C(=O)O[C@@H](C)C(=O)OCc1ccccc1. The lowest BCUT2D eigenvalue weighted by Gasteiger charge is -2.29. The fourth-order valence-corrected chi connectivity index (χ4v) is 2.61. The summed E-state index contributed by atoms with van der Waals surface area (Å²) in [6.45, 7) is 8.92. The van der Waals surface area contributed by atoms with E-state index >= 15 is 0 Å². The second-order valence-corrected chi connectivity index (χ2v) is 6.91. The maximum absolute atomic E-state index is 12.6. The summed E-state index contributed by atoms with van der Waals surface area (Å²) < 4.78 is 15.5. The number of carbonyl (C=O) groups is 3. The lowest BCUT2D eigenvalue weighted by Crippen LogP contribution is -2.37. The Kier molecular flexibility index (Phi) is 8.98. The van der Waals surface area contributed by atoms with Crippen LogP contribution in [0, 0.1) is 11.3 Å². The Bertz CT molecular complexity index is 627. The van der Waals surface area contributed by atoms with E-state index in [1.807, 2.05) is 37.3 Å². The first-order valence-electron chi connectivity index (χ1n) is 9.31. The van der Waals surface area contributed by atoms with Crippen molar-refractivity contribution in [1.82, 2.24) is 0 Å². The lowest BCUT2D eigenvalue weighted by molar-refractivity contribution is -0.175. The van der Waals surface area contributed by atoms with E-state index in [4.69, 9.17) is 14.2 Å². The average Bonchev–Trinajstić information content (AvgIpc) is 2.66. The van der Waals surface area contributed by atoms with Crippen LogP contribution in [0.5, 0.6) is 0 Å². The largest absolute Gasteiger partial charge is 0.466 e. The Labute approximate surface area is 161 Å². The molecule has 0 fully saturated rings. The number of esters is 3. The van der Waals surface area contributed by atoms with E-state index in [2.05, 4.69) is 0 Å². The van der Waals surface area contributed by atoms with E-state index in [9.17, 15) is 14.4 Å². The van der Waals surface area contributed by atoms with Gasteiger partial charge in [0.25, 0.3) is 0 Å². The van der Waals surface area contributed by atoms with Crippen molar-refractivity contribution in [1.29, 1.82) is 0 Å². The lowest BCUT2D eigenvalue weighted by atomic mass is 9.79. The summed E-state index contributed by atoms with van der Waals surface area (Å²) in [6, 6.07) is 9.26. The first-order chi connectivity index (χ1) is 12.7. The van der Waals surface area contributed by atoms with Crippen molar-refractivity contribution in [3.05, 3.63) is 35.9 Å². The molecule has 0 saturated heterocycles. The van der Waals surface area contributed by atoms with Crippen LogP contribution in [0.2, 0.25) is 0 Å². The Morgan fingerprint density at radius 1 is 1.00 bits per heavy atom. The van der Waals surface area contributed by atoms with Gasteiger partial charge in [-0.1, -0.05) is 44.2 Å². The first kappa shape index (κ1) is 22.7. The van der Waals surface area contributed by atoms with E-state index in [-0.39, 0.29) is 19.0 Å². The summed E-state index contributed by atoms with van der Waals surface area (Å²) in [5, 5.41) is 0. The van der Waals surface area contributed by atoms with Gasteiger partial charge in [-0.05, 0) is 39.2 Å². The molecule has 2 unspecified atom stereocenters. The topological polar surface area (TPSA) is 78.9 Å². The zero-order valence-corrected chi connectivity index (χ0v) is 16.8. The molecule has 0 amide bonds. The molecule has 27 heavy (non-hydrogen) atoms. The van der Waals surface area contributed by atoms with E-state index in [1.165, 1.54) is 6.92 Å². The zero-order valence-electron chi connectivity index (χ0n) is 16.8. The van der Waals surface area contributed by atoms with Gasteiger partial charge in [-0.25, -0.2) is 4.79 Å². The molecule has 0 heterocycles. The zero-order chi connectivity index (χ0) is 20.4. The van der Waals surface area contributed by atoms with Gasteiger partial charge in [0.05, 0.1) is 17.9 Å². The van der Waals surface area contributed by atoms with Crippen LogP contribution in [0.4, 0.5) is 0 Å². The summed E-state index contributed by atoms with van der Waals surface area (Å²) >= 11 is 0. The molecular weight excluding hydrogens is 348 g/mol. The molecule has 0 N–H and O–H groups in total. The van der Waals surface area contributed by atoms with Crippen LogP contribution < -0.4 is 0 Å². The maximum atomic E-state index is 12.6. The van der Waals surface area contributed by atoms with Crippen LogP contribution in [0.25, 0.3) is 0 Å². The quantitative estimate of drug-likeness (QED) is 0.457. The number of ether oxygens (including phenoxy) is 3. The molecular formula is C21H30O6. The minimum Gasteiger partial charge on any atom is -0.466 e. The highest BCUT2D eigenvalue weighted by Crippen LogP contribution is 2.32. The van der Waals surface area contributed by atoms with Gasteiger partial charge >= 0.3 is 17.9 Å². The van der Waals surface area contributed by atoms with Gasteiger partial charge in [0, 0.05) is 0 Å². The third-order valence-corrected chi connectivity index (χ3v) is 4.56. The van der Waals surface area contributed by atoms with Gasteiger partial charge in [-0.15, -0.1) is 0 Å². The van der Waals surface area contributed by atoms with Crippen LogP contribution in [-0.4, -0.2) is 30.6 Å².